The van der Waals surface area contributed by atoms with Gasteiger partial charge in [-0.2, -0.15) is 0 Å². The molecule has 4 rings (SSSR count). The molecule has 0 spiro atoms. The Hall–Kier alpha value is -0.820. The van der Waals surface area contributed by atoms with E-state index in [0.717, 1.165) is 37.8 Å². The maximum absolute atomic E-state index is 5.85. The zero-order valence-corrected chi connectivity index (χ0v) is 16.5. The molecule has 1 saturated carbocycles. The number of hydrogen-bond acceptors (Lipinski definition) is 2. The molecule has 3 aliphatic rings. The lowest BCUT2D eigenvalue weighted by Gasteiger charge is -2.46. The van der Waals surface area contributed by atoms with Crippen LogP contribution in [-0.4, -0.2) is 42.7 Å². The topological polar surface area (TPSA) is 36.9 Å². The number of nitrogens with one attached hydrogen (secondary N) is 1. The summed E-state index contributed by atoms with van der Waals surface area (Å²) in [6.45, 7) is 3.19. The van der Waals surface area contributed by atoms with Crippen molar-refractivity contribution in [3.05, 3.63) is 30.3 Å². The molecular formula is C19H28IN3O. The molecule has 1 aromatic rings. The van der Waals surface area contributed by atoms with Gasteiger partial charge in [0.2, 0.25) is 0 Å². The third-order valence-corrected chi connectivity index (χ3v) is 5.43. The largest absolute Gasteiger partial charge is 0.378 e. The number of para-hydroxylation sites is 1. The van der Waals surface area contributed by atoms with Gasteiger partial charge in [-0.1, -0.05) is 18.2 Å². The number of hydrogen-bond donors (Lipinski definition) is 1. The smallest absolute Gasteiger partial charge is 0.198 e. The zero-order chi connectivity index (χ0) is 15.5. The van der Waals surface area contributed by atoms with E-state index in [2.05, 4.69) is 40.5 Å². The SMILES string of the molecule is I.c1ccc(NC(=NC2CC3OCCCC23)N2CCCCC2)cc1. The van der Waals surface area contributed by atoms with Crippen LogP contribution in [0.5, 0.6) is 0 Å². The minimum atomic E-state index is 0. The first-order valence-corrected chi connectivity index (χ1v) is 9.16. The normalized spacial score (nSPS) is 29.9. The number of benzene rings is 1. The Kier molecular flexibility index (Phi) is 6.38. The number of rotatable bonds is 2. The van der Waals surface area contributed by atoms with Gasteiger partial charge in [-0.15, -0.1) is 24.0 Å². The van der Waals surface area contributed by atoms with E-state index >= 15 is 0 Å². The third-order valence-electron chi connectivity index (χ3n) is 5.43. The number of likely N-dealkylation sites (tertiary alicyclic amines) is 1. The number of halogens is 1. The van der Waals surface area contributed by atoms with Crippen molar-refractivity contribution in [1.82, 2.24) is 4.90 Å². The summed E-state index contributed by atoms with van der Waals surface area (Å²) >= 11 is 0. The molecule has 0 aromatic heterocycles. The van der Waals surface area contributed by atoms with E-state index in [-0.39, 0.29) is 24.0 Å². The molecule has 5 heteroatoms. The molecule has 1 aromatic carbocycles. The van der Waals surface area contributed by atoms with Crippen molar-refractivity contribution in [3.8, 4) is 0 Å². The lowest BCUT2D eigenvalue weighted by Crippen LogP contribution is -2.51. The molecular weight excluding hydrogens is 413 g/mol. The van der Waals surface area contributed by atoms with Crippen molar-refractivity contribution in [3.63, 3.8) is 0 Å². The monoisotopic (exact) mass is 441 g/mol. The Morgan fingerprint density at radius 3 is 2.62 bits per heavy atom. The lowest BCUT2D eigenvalue weighted by atomic mass is 9.73. The van der Waals surface area contributed by atoms with E-state index in [4.69, 9.17) is 9.73 Å². The van der Waals surface area contributed by atoms with Crippen molar-refractivity contribution < 1.29 is 4.74 Å². The van der Waals surface area contributed by atoms with Crippen molar-refractivity contribution in [2.45, 2.75) is 50.7 Å². The fourth-order valence-corrected chi connectivity index (χ4v) is 4.02. The summed E-state index contributed by atoms with van der Waals surface area (Å²) in [6, 6.07) is 10.9. The Morgan fingerprint density at radius 1 is 1.08 bits per heavy atom. The molecule has 0 bridgehead atoms. The first-order valence-electron chi connectivity index (χ1n) is 9.16. The predicted octanol–water partition coefficient (Wildman–Crippen LogP) is 4.13. The van der Waals surface area contributed by atoms with E-state index in [1.807, 2.05) is 0 Å². The van der Waals surface area contributed by atoms with Crippen LogP contribution in [0.3, 0.4) is 0 Å². The Bertz CT molecular complexity index is 545. The van der Waals surface area contributed by atoms with Gasteiger partial charge >= 0.3 is 0 Å². The first kappa shape index (κ1) is 18.0. The molecule has 2 saturated heterocycles. The number of nitrogens with zero attached hydrogens (tertiary/aromatic N) is 2. The maximum Gasteiger partial charge on any atom is 0.198 e. The van der Waals surface area contributed by atoms with Crippen LogP contribution in [0.2, 0.25) is 0 Å². The van der Waals surface area contributed by atoms with Gasteiger partial charge in [0.15, 0.2) is 5.96 Å². The second-order valence-electron chi connectivity index (χ2n) is 7.01. The van der Waals surface area contributed by atoms with Crippen molar-refractivity contribution >= 4 is 35.6 Å². The summed E-state index contributed by atoms with van der Waals surface area (Å²) in [5.41, 5.74) is 1.13. The van der Waals surface area contributed by atoms with E-state index in [9.17, 15) is 0 Å². The molecule has 4 nitrogen and oxygen atoms in total. The highest BCUT2D eigenvalue weighted by molar-refractivity contribution is 14.0. The zero-order valence-electron chi connectivity index (χ0n) is 14.2. The van der Waals surface area contributed by atoms with Gasteiger partial charge in [0.25, 0.3) is 0 Å². The molecule has 2 heterocycles. The van der Waals surface area contributed by atoms with Gasteiger partial charge in [0, 0.05) is 31.3 Å². The fourth-order valence-electron chi connectivity index (χ4n) is 4.02. The predicted molar refractivity (Wildman–Crippen MR) is 109 cm³/mol. The average Bonchev–Trinajstić information content (AvgIpc) is 2.60. The Morgan fingerprint density at radius 2 is 1.88 bits per heavy atom. The summed E-state index contributed by atoms with van der Waals surface area (Å²) < 4.78 is 5.85. The highest BCUT2D eigenvalue weighted by atomic mass is 127. The maximum atomic E-state index is 5.85. The van der Waals surface area contributed by atoms with Gasteiger partial charge < -0.3 is 15.0 Å². The van der Waals surface area contributed by atoms with Crippen LogP contribution in [0.4, 0.5) is 5.69 Å². The highest BCUT2D eigenvalue weighted by Gasteiger charge is 2.43. The van der Waals surface area contributed by atoms with Crippen LogP contribution in [0.1, 0.15) is 38.5 Å². The van der Waals surface area contributed by atoms with Crippen molar-refractivity contribution in [2.75, 3.05) is 25.0 Å². The van der Waals surface area contributed by atoms with E-state index in [0.29, 0.717) is 18.1 Å². The van der Waals surface area contributed by atoms with Gasteiger partial charge in [0.1, 0.15) is 0 Å². The fraction of sp³-hybridized carbons (Fsp3) is 0.632. The number of fused-ring (bicyclic) bond motifs is 1. The number of aliphatic imine (C=N–C) groups is 1. The highest BCUT2D eigenvalue weighted by Crippen LogP contribution is 2.40. The van der Waals surface area contributed by atoms with Crippen LogP contribution >= 0.6 is 24.0 Å². The summed E-state index contributed by atoms with van der Waals surface area (Å²) in [5, 5.41) is 3.58. The van der Waals surface area contributed by atoms with Crippen molar-refractivity contribution in [2.24, 2.45) is 10.9 Å². The summed E-state index contributed by atoms with van der Waals surface area (Å²) in [6.07, 6.45) is 7.92. The van der Waals surface area contributed by atoms with Gasteiger partial charge in [0.05, 0.1) is 12.1 Å². The molecule has 1 N–H and O–H groups in total. The van der Waals surface area contributed by atoms with Crippen LogP contribution in [0.25, 0.3) is 0 Å². The first-order chi connectivity index (χ1) is 11.4. The molecule has 1 aliphatic carbocycles. The number of piperidine rings is 1. The molecule has 3 fully saturated rings. The van der Waals surface area contributed by atoms with Crippen LogP contribution < -0.4 is 5.32 Å². The average molecular weight is 441 g/mol. The number of guanidine groups is 1. The molecule has 2 aliphatic heterocycles. The van der Waals surface area contributed by atoms with Crippen LogP contribution in [0.15, 0.2) is 35.3 Å². The summed E-state index contributed by atoms with van der Waals surface area (Å²) in [5.74, 6) is 1.71. The molecule has 24 heavy (non-hydrogen) atoms. The van der Waals surface area contributed by atoms with Crippen molar-refractivity contribution in [1.29, 1.82) is 0 Å². The van der Waals surface area contributed by atoms with Gasteiger partial charge in [-0.25, -0.2) is 4.99 Å². The Balaban J connectivity index is 0.00000169. The Labute approximate surface area is 162 Å². The minimum Gasteiger partial charge on any atom is -0.378 e. The van der Waals surface area contributed by atoms with E-state index in [1.54, 1.807) is 0 Å². The molecule has 3 atom stereocenters. The van der Waals surface area contributed by atoms with Crippen LogP contribution in [0, 0.1) is 5.92 Å². The summed E-state index contributed by atoms with van der Waals surface area (Å²) in [7, 11) is 0. The molecule has 0 radical (unpaired) electrons. The lowest BCUT2D eigenvalue weighted by molar-refractivity contribution is -0.0939. The molecule has 3 unspecified atom stereocenters. The standard InChI is InChI=1S/C19H27N3O.HI/c1-3-8-15(9-4-1)20-19(22-11-5-2-6-12-22)21-17-14-18-16(17)10-7-13-23-18;/h1,3-4,8-9,16-18H,2,5-7,10-14H2,(H,20,21);1H. The third kappa shape index (κ3) is 4.04. The van der Waals surface area contributed by atoms with E-state index in [1.165, 1.54) is 32.1 Å². The van der Waals surface area contributed by atoms with Gasteiger partial charge in [-0.3, -0.25) is 0 Å². The molecule has 0 amide bonds. The van der Waals surface area contributed by atoms with E-state index < -0.39 is 0 Å². The minimum absolute atomic E-state index is 0. The molecule has 132 valence electrons. The second-order valence-corrected chi connectivity index (χ2v) is 7.01. The van der Waals surface area contributed by atoms with Crippen LogP contribution in [-0.2, 0) is 4.74 Å². The quantitative estimate of drug-likeness (QED) is 0.426. The summed E-state index contributed by atoms with van der Waals surface area (Å²) in [4.78, 5) is 7.57. The van der Waals surface area contributed by atoms with Gasteiger partial charge in [-0.05, 0) is 50.7 Å². The number of ether oxygens (including phenoxy) is 1. The second kappa shape index (κ2) is 8.52. The number of anilines is 1.